The van der Waals surface area contributed by atoms with Crippen LogP contribution in [-0.2, 0) is 4.79 Å². The summed E-state index contributed by atoms with van der Waals surface area (Å²) in [5.74, 6) is 0.803. The number of aromatic nitrogens is 2. The van der Waals surface area contributed by atoms with Gasteiger partial charge in [0.15, 0.2) is 5.82 Å². The number of aryl methyl sites for hydroxylation is 1. The highest BCUT2D eigenvalue weighted by Gasteiger charge is 2.28. The number of rotatable bonds is 2. The second-order valence-electron chi connectivity index (χ2n) is 4.83. The van der Waals surface area contributed by atoms with Crippen molar-refractivity contribution in [2.45, 2.75) is 19.3 Å². The molecule has 1 aromatic heterocycles. The van der Waals surface area contributed by atoms with E-state index in [0.717, 1.165) is 17.0 Å². The molecule has 1 unspecified atom stereocenters. The molecule has 0 fully saturated rings. The quantitative estimate of drug-likeness (QED) is 0.777. The Balaban J connectivity index is 1.84. The van der Waals surface area contributed by atoms with Crippen LogP contribution in [0.1, 0.15) is 23.6 Å². The van der Waals surface area contributed by atoms with Crippen molar-refractivity contribution in [2.24, 2.45) is 0 Å². The zero-order valence-electron chi connectivity index (χ0n) is 11.1. The van der Waals surface area contributed by atoms with Gasteiger partial charge in [-0.25, -0.2) is 0 Å². The van der Waals surface area contributed by atoms with E-state index in [0.29, 0.717) is 24.5 Å². The van der Waals surface area contributed by atoms with Gasteiger partial charge in [0, 0.05) is 5.56 Å². The van der Waals surface area contributed by atoms with E-state index >= 15 is 0 Å². The van der Waals surface area contributed by atoms with Crippen molar-refractivity contribution in [3.63, 3.8) is 0 Å². The van der Waals surface area contributed by atoms with Crippen molar-refractivity contribution < 1.29 is 9.53 Å². The van der Waals surface area contributed by atoms with E-state index in [-0.39, 0.29) is 11.8 Å². The van der Waals surface area contributed by atoms with Crippen LogP contribution in [0.15, 0.2) is 24.3 Å². The van der Waals surface area contributed by atoms with Gasteiger partial charge in [-0.3, -0.25) is 9.89 Å². The number of benzene rings is 1. The first-order valence-electron chi connectivity index (χ1n) is 6.50. The van der Waals surface area contributed by atoms with Crippen molar-refractivity contribution in [1.82, 2.24) is 10.2 Å². The van der Waals surface area contributed by atoms with Crippen LogP contribution in [0, 0.1) is 6.92 Å². The van der Waals surface area contributed by atoms with Crippen LogP contribution in [0.25, 0.3) is 0 Å². The fraction of sp³-hybridized carbons (Fsp3) is 0.286. The number of carbonyl (C=O) groups excluding carboxylic acids is 1. The Kier molecular flexibility index (Phi) is 3.06. The molecule has 104 valence electrons. The second-order valence-corrected chi connectivity index (χ2v) is 4.83. The summed E-state index contributed by atoms with van der Waals surface area (Å²) in [4.78, 5) is 12.4. The standard InChI is InChI=1S/C14H16N4O2/c1-8-12(15)13(18-17-8)16-14(19)10-6-7-20-11-5-3-2-4-9(10)11/h2-5,10H,6-7,15H2,1H3,(H2,16,17,18,19). The number of nitrogens with zero attached hydrogens (tertiary/aromatic N) is 1. The minimum absolute atomic E-state index is 0.112. The van der Waals surface area contributed by atoms with Crippen molar-refractivity contribution in [3.05, 3.63) is 35.5 Å². The van der Waals surface area contributed by atoms with Gasteiger partial charge in [0.1, 0.15) is 5.75 Å². The number of carbonyl (C=O) groups is 1. The maximum atomic E-state index is 12.4. The van der Waals surface area contributed by atoms with E-state index in [1.54, 1.807) is 0 Å². The normalized spacial score (nSPS) is 17.1. The molecule has 6 nitrogen and oxygen atoms in total. The average Bonchev–Trinajstić information content (AvgIpc) is 2.78. The zero-order valence-corrected chi connectivity index (χ0v) is 11.1. The van der Waals surface area contributed by atoms with Gasteiger partial charge < -0.3 is 15.8 Å². The van der Waals surface area contributed by atoms with Crippen LogP contribution in [0.3, 0.4) is 0 Å². The molecule has 1 aliphatic rings. The topological polar surface area (TPSA) is 93.0 Å². The van der Waals surface area contributed by atoms with Gasteiger partial charge in [-0.05, 0) is 19.4 Å². The predicted molar refractivity (Wildman–Crippen MR) is 75.7 cm³/mol. The lowest BCUT2D eigenvalue weighted by Crippen LogP contribution is -2.26. The fourth-order valence-electron chi connectivity index (χ4n) is 2.35. The number of hydrogen-bond acceptors (Lipinski definition) is 4. The summed E-state index contributed by atoms with van der Waals surface area (Å²) in [6.07, 6.45) is 0.645. The van der Waals surface area contributed by atoms with Crippen LogP contribution in [0.2, 0.25) is 0 Å². The largest absolute Gasteiger partial charge is 0.493 e. The number of ether oxygens (including phenoxy) is 1. The monoisotopic (exact) mass is 272 g/mol. The van der Waals surface area contributed by atoms with E-state index in [2.05, 4.69) is 15.5 Å². The lowest BCUT2D eigenvalue weighted by molar-refractivity contribution is -0.118. The number of para-hydroxylation sites is 1. The first kappa shape index (κ1) is 12.5. The Labute approximate surface area is 116 Å². The number of H-pyrrole nitrogens is 1. The molecule has 6 heteroatoms. The number of nitrogens with one attached hydrogen (secondary N) is 2. The molecule has 3 rings (SSSR count). The molecule has 0 aliphatic carbocycles. The summed E-state index contributed by atoms with van der Waals surface area (Å²) >= 11 is 0. The SMILES string of the molecule is Cc1[nH]nc(NC(=O)C2CCOc3ccccc32)c1N. The molecule has 20 heavy (non-hydrogen) atoms. The first-order valence-corrected chi connectivity index (χ1v) is 6.50. The number of fused-ring (bicyclic) bond motifs is 1. The summed E-state index contributed by atoms with van der Waals surface area (Å²) < 4.78 is 5.56. The minimum Gasteiger partial charge on any atom is -0.493 e. The molecule has 4 N–H and O–H groups in total. The lowest BCUT2D eigenvalue weighted by Gasteiger charge is -2.24. The maximum absolute atomic E-state index is 12.4. The third-order valence-electron chi connectivity index (χ3n) is 3.51. The molecule has 0 saturated carbocycles. The van der Waals surface area contributed by atoms with Gasteiger partial charge in [0.25, 0.3) is 0 Å². The number of anilines is 2. The van der Waals surface area contributed by atoms with Crippen LogP contribution < -0.4 is 15.8 Å². The van der Waals surface area contributed by atoms with Crippen molar-refractivity contribution in [3.8, 4) is 5.75 Å². The Hall–Kier alpha value is -2.50. The summed E-state index contributed by atoms with van der Waals surface area (Å²) in [5, 5.41) is 9.52. The molecule has 0 bridgehead atoms. The summed E-state index contributed by atoms with van der Waals surface area (Å²) in [6, 6.07) is 7.59. The van der Waals surface area contributed by atoms with Gasteiger partial charge in [0.05, 0.1) is 23.9 Å². The van der Waals surface area contributed by atoms with E-state index in [4.69, 9.17) is 10.5 Å². The third kappa shape index (κ3) is 2.09. The molecule has 1 aromatic carbocycles. The van der Waals surface area contributed by atoms with Gasteiger partial charge in [-0.1, -0.05) is 18.2 Å². The van der Waals surface area contributed by atoms with Gasteiger partial charge in [-0.2, -0.15) is 5.10 Å². The zero-order chi connectivity index (χ0) is 14.1. The van der Waals surface area contributed by atoms with Crippen LogP contribution in [0.4, 0.5) is 11.5 Å². The molecule has 1 amide bonds. The molecule has 1 aliphatic heterocycles. The summed E-state index contributed by atoms with van der Waals surface area (Å²) in [7, 11) is 0. The fourth-order valence-corrected chi connectivity index (χ4v) is 2.35. The molecule has 1 atom stereocenters. The number of nitrogens with two attached hydrogens (primary N) is 1. The molecule has 0 radical (unpaired) electrons. The van der Waals surface area contributed by atoms with Crippen LogP contribution in [0.5, 0.6) is 5.75 Å². The molecule has 2 aromatic rings. The highest BCUT2D eigenvalue weighted by atomic mass is 16.5. The minimum atomic E-state index is -0.239. The maximum Gasteiger partial charge on any atom is 0.233 e. The Morgan fingerprint density at radius 1 is 1.50 bits per heavy atom. The van der Waals surface area contributed by atoms with Gasteiger partial charge >= 0.3 is 0 Å². The van der Waals surface area contributed by atoms with Gasteiger partial charge in [-0.15, -0.1) is 0 Å². The van der Waals surface area contributed by atoms with Crippen molar-refractivity contribution >= 4 is 17.4 Å². The average molecular weight is 272 g/mol. The van der Waals surface area contributed by atoms with Crippen LogP contribution in [-0.4, -0.2) is 22.7 Å². The summed E-state index contributed by atoms with van der Waals surface area (Å²) in [5.41, 5.74) is 7.96. The predicted octanol–water partition coefficient (Wildman–Crippen LogP) is 1.81. The smallest absolute Gasteiger partial charge is 0.233 e. The van der Waals surface area contributed by atoms with E-state index < -0.39 is 0 Å². The lowest BCUT2D eigenvalue weighted by atomic mass is 9.92. The Morgan fingerprint density at radius 3 is 3.05 bits per heavy atom. The Bertz CT molecular complexity index is 650. The van der Waals surface area contributed by atoms with E-state index in [1.807, 2.05) is 31.2 Å². The molecule has 0 saturated heterocycles. The van der Waals surface area contributed by atoms with E-state index in [9.17, 15) is 4.79 Å². The van der Waals surface area contributed by atoms with Crippen molar-refractivity contribution in [1.29, 1.82) is 0 Å². The molecule has 2 heterocycles. The number of aromatic amines is 1. The highest BCUT2D eigenvalue weighted by Crippen LogP contribution is 2.34. The van der Waals surface area contributed by atoms with Crippen LogP contribution >= 0.6 is 0 Å². The summed E-state index contributed by atoms with van der Waals surface area (Å²) in [6.45, 7) is 2.34. The molecular formula is C14H16N4O2. The molecule has 0 spiro atoms. The van der Waals surface area contributed by atoms with E-state index in [1.165, 1.54) is 0 Å². The number of hydrogen-bond donors (Lipinski definition) is 3. The van der Waals surface area contributed by atoms with Gasteiger partial charge in [0.2, 0.25) is 5.91 Å². The number of amides is 1. The highest BCUT2D eigenvalue weighted by molar-refractivity contribution is 5.97. The third-order valence-corrected chi connectivity index (χ3v) is 3.51. The van der Waals surface area contributed by atoms with Crippen molar-refractivity contribution in [2.75, 3.05) is 17.7 Å². The second kappa shape index (κ2) is 4.88. The Morgan fingerprint density at radius 2 is 2.30 bits per heavy atom. The number of nitrogen functional groups attached to an aromatic ring is 1. The molecular weight excluding hydrogens is 256 g/mol. The first-order chi connectivity index (χ1) is 9.66.